The van der Waals surface area contributed by atoms with Gasteiger partial charge >= 0.3 is 0 Å². The smallest absolute Gasteiger partial charge is 0.276 e. The zero-order chi connectivity index (χ0) is 7.56. The summed E-state index contributed by atoms with van der Waals surface area (Å²) in [6.07, 6.45) is 0. The minimum Gasteiger partial charge on any atom is -0.482 e. The molecule has 56 valence electrons. The number of rotatable bonds is 2. The Balaban J connectivity index is 2.94. The van der Waals surface area contributed by atoms with Crippen molar-refractivity contribution < 1.29 is 4.74 Å². The van der Waals surface area contributed by atoms with Crippen LogP contribution in [0.25, 0.3) is 0 Å². The van der Waals surface area contributed by atoms with Crippen molar-refractivity contribution in [3.63, 3.8) is 0 Å². The second-order valence-corrected chi connectivity index (χ2v) is 3.14. The number of ether oxygens (including phenoxy) is 1. The summed E-state index contributed by atoms with van der Waals surface area (Å²) in [5, 5.41) is 0.618. The van der Waals surface area contributed by atoms with Crippen LogP contribution in [0.5, 0.6) is 5.06 Å². The maximum absolute atomic E-state index is 10.7. The molecule has 0 aliphatic rings. The Kier molecular flexibility index (Phi) is 2.50. The predicted octanol–water partition coefficient (Wildman–Crippen LogP) is 1.60. The van der Waals surface area contributed by atoms with Gasteiger partial charge in [-0.2, -0.15) is 0 Å². The monoisotopic (exact) mass is 223 g/mol. The van der Waals surface area contributed by atoms with Crippen molar-refractivity contribution in [3.05, 3.63) is 14.8 Å². The molecule has 0 fully saturated rings. The van der Waals surface area contributed by atoms with E-state index in [0.717, 1.165) is 0 Å². The zero-order valence-corrected chi connectivity index (χ0v) is 7.71. The normalized spacial score (nSPS) is 9.80. The van der Waals surface area contributed by atoms with Crippen LogP contribution in [0, 0.1) is 0 Å². The highest BCUT2D eigenvalue weighted by molar-refractivity contribution is 9.10. The number of aromatic amines is 1. The summed E-state index contributed by atoms with van der Waals surface area (Å²) >= 11 is 4.29. The maximum Gasteiger partial charge on any atom is 0.276 e. The summed E-state index contributed by atoms with van der Waals surface area (Å²) in [7, 11) is 0. The lowest BCUT2D eigenvalue weighted by atomic mass is 10.7. The van der Waals surface area contributed by atoms with Gasteiger partial charge in [0.15, 0.2) is 0 Å². The minimum absolute atomic E-state index is 0.131. The van der Waals surface area contributed by atoms with Crippen LogP contribution in [0.4, 0.5) is 0 Å². The number of nitrogens with one attached hydrogen (secondary N) is 1. The summed E-state index contributed by atoms with van der Waals surface area (Å²) in [4.78, 5) is 10.7. The molecule has 1 N–H and O–H groups in total. The maximum atomic E-state index is 10.7. The van der Waals surface area contributed by atoms with Crippen molar-refractivity contribution in [2.24, 2.45) is 0 Å². The Labute approximate surface area is 70.3 Å². The van der Waals surface area contributed by atoms with Crippen molar-refractivity contribution in [1.29, 1.82) is 0 Å². The standard InChI is InChI=1S/C5H6BrNO2S/c1-2-9-5-3(6)4(8)7-10-5/h2H2,1H3,(H,7,8). The molecule has 0 aliphatic carbocycles. The minimum atomic E-state index is -0.131. The molecular formula is C5H6BrNO2S. The molecule has 0 aliphatic heterocycles. The molecule has 10 heavy (non-hydrogen) atoms. The zero-order valence-electron chi connectivity index (χ0n) is 5.31. The number of hydrogen-bond donors (Lipinski definition) is 1. The summed E-state index contributed by atoms with van der Waals surface area (Å²) in [6.45, 7) is 2.45. The molecule has 1 aromatic rings. The van der Waals surface area contributed by atoms with E-state index in [1.807, 2.05) is 6.92 Å². The van der Waals surface area contributed by atoms with Crippen LogP contribution in [-0.2, 0) is 0 Å². The van der Waals surface area contributed by atoms with E-state index in [0.29, 0.717) is 16.1 Å². The molecule has 0 saturated heterocycles. The largest absolute Gasteiger partial charge is 0.482 e. The van der Waals surface area contributed by atoms with Crippen LogP contribution < -0.4 is 10.3 Å². The molecular weight excluding hydrogens is 218 g/mol. The van der Waals surface area contributed by atoms with E-state index in [2.05, 4.69) is 20.3 Å². The van der Waals surface area contributed by atoms with Gasteiger partial charge in [-0.1, -0.05) is 0 Å². The lowest BCUT2D eigenvalue weighted by molar-refractivity contribution is 0.348. The van der Waals surface area contributed by atoms with Gasteiger partial charge in [0.1, 0.15) is 4.47 Å². The molecule has 1 heterocycles. The van der Waals surface area contributed by atoms with Gasteiger partial charge in [-0.25, -0.2) is 0 Å². The molecule has 5 heteroatoms. The van der Waals surface area contributed by atoms with Crippen LogP contribution in [0.2, 0.25) is 0 Å². The molecule has 0 bridgehead atoms. The Morgan fingerprint density at radius 1 is 1.80 bits per heavy atom. The van der Waals surface area contributed by atoms with E-state index < -0.39 is 0 Å². The highest BCUT2D eigenvalue weighted by atomic mass is 79.9. The van der Waals surface area contributed by atoms with Gasteiger partial charge in [0.2, 0.25) is 5.06 Å². The molecule has 0 aromatic carbocycles. The van der Waals surface area contributed by atoms with Crippen LogP contribution in [-0.4, -0.2) is 11.0 Å². The van der Waals surface area contributed by atoms with Crippen molar-refractivity contribution >= 4 is 27.5 Å². The summed E-state index contributed by atoms with van der Waals surface area (Å²) in [6, 6.07) is 0. The highest BCUT2D eigenvalue weighted by Crippen LogP contribution is 2.24. The van der Waals surface area contributed by atoms with Crippen LogP contribution in [0.15, 0.2) is 9.27 Å². The van der Waals surface area contributed by atoms with Crippen LogP contribution >= 0.6 is 27.5 Å². The first-order valence-electron chi connectivity index (χ1n) is 2.75. The first-order valence-corrected chi connectivity index (χ1v) is 4.36. The molecule has 0 spiro atoms. The van der Waals surface area contributed by atoms with E-state index in [9.17, 15) is 4.79 Å². The topological polar surface area (TPSA) is 42.1 Å². The number of hydrogen-bond acceptors (Lipinski definition) is 3. The Morgan fingerprint density at radius 3 is 2.90 bits per heavy atom. The molecule has 0 unspecified atom stereocenters. The predicted molar refractivity (Wildman–Crippen MR) is 43.8 cm³/mol. The average molecular weight is 224 g/mol. The number of halogens is 1. The SMILES string of the molecule is CCOc1s[nH]c(=O)c1Br. The fourth-order valence-electron chi connectivity index (χ4n) is 0.499. The van der Waals surface area contributed by atoms with Gasteiger partial charge in [-0.05, 0) is 34.4 Å². The van der Waals surface area contributed by atoms with Gasteiger partial charge in [0.25, 0.3) is 5.56 Å². The molecule has 0 saturated carbocycles. The fraction of sp³-hybridized carbons (Fsp3) is 0.400. The van der Waals surface area contributed by atoms with Crippen LogP contribution in [0.3, 0.4) is 0 Å². The quantitative estimate of drug-likeness (QED) is 0.828. The van der Waals surface area contributed by atoms with Crippen molar-refractivity contribution in [2.75, 3.05) is 6.61 Å². The third kappa shape index (κ3) is 1.41. The Bertz CT molecular complexity index is 267. The van der Waals surface area contributed by atoms with E-state index in [1.54, 1.807) is 0 Å². The van der Waals surface area contributed by atoms with Gasteiger partial charge in [0.05, 0.1) is 6.61 Å². The van der Waals surface area contributed by atoms with E-state index in [1.165, 1.54) is 11.5 Å². The van der Waals surface area contributed by atoms with E-state index in [-0.39, 0.29) is 5.56 Å². The molecule has 0 atom stereocenters. The van der Waals surface area contributed by atoms with Crippen molar-refractivity contribution in [1.82, 2.24) is 4.37 Å². The fourth-order valence-corrected chi connectivity index (χ4v) is 1.73. The van der Waals surface area contributed by atoms with Gasteiger partial charge < -0.3 is 4.74 Å². The van der Waals surface area contributed by atoms with Gasteiger partial charge in [-0.3, -0.25) is 9.17 Å². The summed E-state index contributed by atoms with van der Waals surface area (Å²) in [5.41, 5.74) is -0.131. The van der Waals surface area contributed by atoms with E-state index >= 15 is 0 Å². The average Bonchev–Trinajstić information content (AvgIpc) is 2.20. The van der Waals surface area contributed by atoms with E-state index in [4.69, 9.17) is 4.74 Å². The molecule has 3 nitrogen and oxygen atoms in total. The lowest BCUT2D eigenvalue weighted by Crippen LogP contribution is -1.97. The number of H-pyrrole nitrogens is 1. The second-order valence-electron chi connectivity index (χ2n) is 1.57. The summed E-state index contributed by atoms with van der Waals surface area (Å²) in [5.74, 6) is 0. The highest BCUT2D eigenvalue weighted by Gasteiger charge is 2.06. The molecule has 0 radical (unpaired) electrons. The van der Waals surface area contributed by atoms with Crippen LogP contribution in [0.1, 0.15) is 6.92 Å². The first-order chi connectivity index (χ1) is 4.75. The van der Waals surface area contributed by atoms with Crippen molar-refractivity contribution in [3.8, 4) is 5.06 Å². The first kappa shape index (κ1) is 7.81. The third-order valence-electron chi connectivity index (χ3n) is 0.890. The molecule has 1 rings (SSSR count). The van der Waals surface area contributed by atoms with Gasteiger partial charge in [-0.15, -0.1) is 0 Å². The molecule has 0 amide bonds. The summed E-state index contributed by atoms with van der Waals surface area (Å²) < 4.78 is 8.12. The second kappa shape index (κ2) is 3.21. The Morgan fingerprint density at radius 2 is 2.50 bits per heavy atom. The lowest BCUT2D eigenvalue weighted by Gasteiger charge is -1.95. The van der Waals surface area contributed by atoms with Gasteiger partial charge in [0, 0.05) is 0 Å². The van der Waals surface area contributed by atoms with Crippen molar-refractivity contribution in [2.45, 2.75) is 6.92 Å². The Hall–Kier alpha value is -0.290. The molecule has 1 aromatic heterocycles. The third-order valence-corrected chi connectivity index (χ3v) is 2.67. The number of aromatic nitrogens is 1.